The van der Waals surface area contributed by atoms with E-state index in [1.165, 1.54) is 32.1 Å². The predicted octanol–water partition coefficient (Wildman–Crippen LogP) is 2.07. The maximum Gasteiger partial charge on any atom is 0.191 e. The highest BCUT2D eigenvalue weighted by Gasteiger charge is 2.28. The van der Waals surface area contributed by atoms with E-state index in [-0.39, 0.29) is 5.54 Å². The lowest BCUT2D eigenvalue weighted by Crippen LogP contribution is -2.52. The normalized spacial score (nSPS) is 19.8. The summed E-state index contributed by atoms with van der Waals surface area (Å²) < 4.78 is 7.63. The van der Waals surface area contributed by atoms with Crippen LogP contribution in [0.1, 0.15) is 58.7 Å². The first-order chi connectivity index (χ1) is 14.6. The van der Waals surface area contributed by atoms with Gasteiger partial charge < -0.3 is 19.9 Å². The van der Waals surface area contributed by atoms with Crippen LogP contribution in [0.15, 0.2) is 11.3 Å². The molecule has 1 saturated heterocycles. The molecule has 0 bridgehead atoms. The van der Waals surface area contributed by atoms with Gasteiger partial charge in [-0.1, -0.05) is 26.2 Å². The third kappa shape index (κ3) is 6.94. The summed E-state index contributed by atoms with van der Waals surface area (Å²) in [6, 6.07) is 0. The number of nitrogens with one attached hydrogen (secondary N) is 2. The van der Waals surface area contributed by atoms with Gasteiger partial charge in [0.05, 0.1) is 19.8 Å². The summed E-state index contributed by atoms with van der Waals surface area (Å²) in [4.78, 5) is 7.48. The van der Waals surface area contributed by atoms with Crippen LogP contribution in [0.4, 0.5) is 0 Å². The van der Waals surface area contributed by atoms with Gasteiger partial charge in [-0.05, 0) is 32.6 Å². The number of aromatic nitrogens is 3. The van der Waals surface area contributed by atoms with Crippen molar-refractivity contribution in [1.29, 1.82) is 0 Å². The third-order valence-electron chi connectivity index (χ3n) is 6.43. The number of ether oxygens (including phenoxy) is 1. The van der Waals surface area contributed by atoms with E-state index in [1.807, 2.05) is 6.33 Å². The molecule has 0 unspecified atom stereocenters. The quantitative estimate of drug-likeness (QED) is 0.471. The second-order valence-electron chi connectivity index (χ2n) is 9.18. The Morgan fingerprint density at radius 2 is 1.97 bits per heavy atom. The van der Waals surface area contributed by atoms with Crippen molar-refractivity contribution < 1.29 is 4.74 Å². The fourth-order valence-electron chi connectivity index (χ4n) is 4.38. The van der Waals surface area contributed by atoms with Crippen LogP contribution < -0.4 is 10.6 Å². The van der Waals surface area contributed by atoms with Crippen LogP contribution in [0.3, 0.4) is 0 Å². The molecule has 1 aromatic rings. The van der Waals surface area contributed by atoms with Crippen molar-refractivity contribution in [3.8, 4) is 0 Å². The van der Waals surface area contributed by atoms with Gasteiger partial charge in [0.15, 0.2) is 5.96 Å². The minimum Gasteiger partial charge on any atom is -0.379 e. The van der Waals surface area contributed by atoms with E-state index in [4.69, 9.17) is 9.73 Å². The Balaban J connectivity index is 1.56. The fourth-order valence-corrected chi connectivity index (χ4v) is 4.38. The molecule has 0 spiro atoms. The van der Waals surface area contributed by atoms with Crippen molar-refractivity contribution in [2.45, 2.75) is 71.4 Å². The van der Waals surface area contributed by atoms with E-state index >= 15 is 0 Å². The Bertz CT molecular complexity index is 646. The van der Waals surface area contributed by atoms with Crippen molar-refractivity contribution >= 4 is 5.96 Å². The van der Waals surface area contributed by atoms with Crippen LogP contribution in [0.25, 0.3) is 0 Å². The number of aliphatic imine (C=N–C) groups is 1. The lowest BCUT2D eigenvalue weighted by molar-refractivity contribution is -0.00684. The summed E-state index contributed by atoms with van der Waals surface area (Å²) in [6.07, 6.45) is 9.50. The average Bonchev–Trinajstić information content (AvgIpc) is 3.24. The van der Waals surface area contributed by atoms with Crippen LogP contribution in [0.5, 0.6) is 0 Å². The van der Waals surface area contributed by atoms with Gasteiger partial charge in [0.1, 0.15) is 12.2 Å². The number of aryl methyl sites for hydroxylation is 1. The Hall–Kier alpha value is -1.67. The summed E-state index contributed by atoms with van der Waals surface area (Å²) in [5, 5.41) is 15.4. The topological polar surface area (TPSA) is 79.6 Å². The van der Waals surface area contributed by atoms with Crippen molar-refractivity contribution in [3.05, 3.63) is 12.2 Å². The third-order valence-corrected chi connectivity index (χ3v) is 6.43. The largest absolute Gasteiger partial charge is 0.379 e. The minimum absolute atomic E-state index is 0.0207. The van der Waals surface area contributed by atoms with Crippen molar-refractivity contribution in [3.63, 3.8) is 0 Å². The molecular formula is C22H41N7O. The molecule has 30 heavy (non-hydrogen) atoms. The Morgan fingerprint density at radius 3 is 2.70 bits per heavy atom. The molecule has 2 N–H and O–H groups in total. The first-order valence-corrected chi connectivity index (χ1v) is 11.8. The molecule has 8 nitrogen and oxygen atoms in total. The Kier molecular flexibility index (Phi) is 8.93. The molecule has 1 saturated carbocycles. The zero-order valence-electron chi connectivity index (χ0n) is 19.2. The number of rotatable bonds is 9. The summed E-state index contributed by atoms with van der Waals surface area (Å²) >= 11 is 0. The molecule has 1 aliphatic carbocycles. The van der Waals surface area contributed by atoms with Crippen molar-refractivity contribution in [2.24, 2.45) is 10.9 Å². The SMILES string of the molecule is CCc1nncn1CCNC(=NCC(C)(C)N1CCOCC1)NCC1CCCCC1. The molecule has 0 atom stereocenters. The van der Waals surface area contributed by atoms with Gasteiger partial charge in [-0.25, -0.2) is 0 Å². The van der Waals surface area contributed by atoms with Gasteiger partial charge in [-0.2, -0.15) is 0 Å². The smallest absolute Gasteiger partial charge is 0.191 e. The zero-order chi connectivity index (χ0) is 21.2. The van der Waals surface area contributed by atoms with E-state index in [0.29, 0.717) is 0 Å². The van der Waals surface area contributed by atoms with E-state index in [1.54, 1.807) is 0 Å². The highest BCUT2D eigenvalue weighted by atomic mass is 16.5. The number of hydrogen-bond donors (Lipinski definition) is 2. The number of guanidine groups is 1. The van der Waals surface area contributed by atoms with Crippen LogP contribution >= 0.6 is 0 Å². The highest BCUT2D eigenvalue weighted by molar-refractivity contribution is 5.79. The van der Waals surface area contributed by atoms with Gasteiger partial charge in [0, 0.05) is 44.7 Å². The lowest BCUT2D eigenvalue weighted by Gasteiger charge is -2.40. The monoisotopic (exact) mass is 419 g/mol. The van der Waals surface area contributed by atoms with Crippen LogP contribution in [-0.4, -0.2) is 77.1 Å². The predicted molar refractivity (Wildman–Crippen MR) is 121 cm³/mol. The minimum atomic E-state index is 0.0207. The number of morpholine rings is 1. The van der Waals surface area contributed by atoms with E-state index in [9.17, 15) is 0 Å². The molecule has 8 heteroatoms. The molecule has 1 aliphatic heterocycles. The molecule has 1 aromatic heterocycles. The second-order valence-corrected chi connectivity index (χ2v) is 9.18. The lowest BCUT2D eigenvalue weighted by atomic mass is 9.89. The number of hydrogen-bond acceptors (Lipinski definition) is 5. The van der Waals surface area contributed by atoms with E-state index < -0.39 is 0 Å². The molecule has 0 aromatic carbocycles. The maximum atomic E-state index is 5.52. The van der Waals surface area contributed by atoms with Crippen LogP contribution in [0.2, 0.25) is 0 Å². The summed E-state index contributed by atoms with van der Waals surface area (Å²) in [5.41, 5.74) is 0.0207. The molecule has 2 fully saturated rings. The van der Waals surface area contributed by atoms with Crippen LogP contribution in [0, 0.1) is 5.92 Å². The van der Waals surface area contributed by atoms with Crippen molar-refractivity contribution in [2.75, 3.05) is 45.9 Å². The zero-order valence-corrected chi connectivity index (χ0v) is 19.2. The molecule has 0 amide bonds. The molecule has 3 rings (SSSR count). The molecular weight excluding hydrogens is 378 g/mol. The first kappa shape index (κ1) is 23.0. The highest BCUT2D eigenvalue weighted by Crippen LogP contribution is 2.22. The Morgan fingerprint density at radius 1 is 1.20 bits per heavy atom. The van der Waals surface area contributed by atoms with Gasteiger partial charge >= 0.3 is 0 Å². The average molecular weight is 420 g/mol. The Labute approximate surface area is 181 Å². The number of nitrogens with zero attached hydrogens (tertiary/aromatic N) is 5. The second kappa shape index (κ2) is 11.6. The molecule has 2 aliphatic rings. The standard InChI is InChI=1S/C22H41N7O/c1-4-20-27-26-18-28(20)11-10-23-21(24-16-19-8-6-5-7-9-19)25-17-22(2,3)29-12-14-30-15-13-29/h18-19H,4-17H2,1-3H3,(H2,23,24,25). The summed E-state index contributed by atoms with van der Waals surface area (Å²) in [6.45, 7) is 13.7. The van der Waals surface area contributed by atoms with E-state index in [2.05, 4.69) is 51.1 Å². The summed E-state index contributed by atoms with van der Waals surface area (Å²) in [5.74, 6) is 2.72. The van der Waals surface area contributed by atoms with E-state index in [0.717, 1.165) is 76.6 Å². The maximum absolute atomic E-state index is 5.52. The molecule has 170 valence electrons. The van der Waals surface area contributed by atoms with Gasteiger partial charge in [0.25, 0.3) is 0 Å². The fraction of sp³-hybridized carbons (Fsp3) is 0.864. The van der Waals surface area contributed by atoms with Gasteiger partial charge in [-0.3, -0.25) is 9.89 Å². The first-order valence-electron chi connectivity index (χ1n) is 11.8. The molecule has 0 radical (unpaired) electrons. The van der Waals surface area contributed by atoms with Gasteiger partial charge in [-0.15, -0.1) is 10.2 Å². The van der Waals surface area contributed by atoms with Crippen LogP contribution in [-0.2, 0) is 17.7 Å². The van der Waals surface area contributed by atoms with Gasteiger partial charge in [0.2, 0.25) is 0 Å². The van der Waals surface area contributed by atoms with Crippen molar-refractivity contribution in [1.82, 2.24) is 30.3 Å². The summed E-state index contributed by atoms with van der Waals surface area (Å²) in [7, 11) is 0. The molecule has 2 heterocycles.